The molecular weight excluding hydrogens is 501 g/mol. The van der Waals surface area contributed by atoms with Crippen molar-refractivity contribution in [3.05, 3.63) is 53.6 Å². The van der Waals surface area contributed by atoms with E-state index in [-0.39, 0.29) is 21.6 Å². The number of unbranched alkanes of at least 4 members (excludes halogenated alkanes) is 1. The fourth-order valence-corrected chi connectivity index (χ4v) is 4.02. The molecule has 0 unspecified atom stereocenters. The van der Waals surface area contributed by atoms with Crippen molar-refractivity contribution in [3.63, 3.8) is 0 Å². The van der Waals surface area contributed by atoms with Crippen molar-refractivity contribution in [2.45, 2.75) is 57.0 Å². The fraction of sp³-hybridized carbons (Fsp3) is 0.417. The van der Waals surface area contributed by atoms with E-state index in [9.17, 15) is 31.5 Å². The van der Waals surface area contributed by atoms with Crippen LogP contribution in [-0.4, -0.2) is 50.3 Å². The Hall–Kier alpha value is -3.28. The van der Waals surface area contributed by atoms with Crippen LogP contribution in [0.1, 0.15) is 56.5 Å². The molecule has 3 N–H and O–H groups in total. The summed E-state index contributed by atoms with van der Waals surface area (Å²) in [5.41, 5.74) is 1.79. The summed E-state index contributed by atoms with van der Waals surface area (Å²) in [5, 5.41) is 16.7. The molecule has 0 aliphatic carbocycles. The third kappa shape index (κ3) is 9.06. The third-order valence-electron chi connectivity index (χ3n) is 5.01. The molecule has 0 spiro atoms. The van der Waals surface area contributed by atoms with E-state index in [1.165, 1.54) is 6.07 Å². The van der Waals surface area contributed by atoms with E-state index >= 15 is 0 Å². The Balaban J connectivity index is 0.000000809. The van der Waals surface area contributed by atoms with Gasteiger partial charge in [0.2, 0.25) is 0 Å². The van der Waals surface area contributed by atoms with Crippen molar-refractivity contribution in [1.29, 1.82) is 0 Å². The number of benzene rings is 2. The van der Waals surface area contributed by atoms with Crippen molar-refractivity contribution in [3.8, 4) is 0 Å². The highest BCUT2D eigenvalue weighted by molar-refractivity contribution is 7.92. The molecule has 0 amide bonds. The van der Waals surface area contributed by atoms with Crippen LogP contribution in [0.5, 0.6) is 0 Å². The zero-order chi connectivity index (χ0) is 27.9. The predicted molar refractivity (Wildman–Crippen MR) is 131 cm³/mol. The molecule has 2 aromatic carbocycles. The Morgan fingerprint density at radius 1 is 1.00 bits per heavy atom. The van der Waals surface area contributed by atoms with Gasteiger partial charge in [-0.3, -0.25) is 4.72 Å². The summed E-state index contributed by atoms with van der Waals surface area (Å²) < 4.78 is 59.7. The first-order valence-corrected chi connectivity index (χ1v) is 12.4. The van der Waals surface area contributed by atoms with Crippen LogP contribution in [0.4, 0.5) is 24.5 Å². The molecule has 200 valence electrons. The third-order valence-corrected chi connectivity index (χ3v) is 6.41. The van der Waals surface area contributed by atoms with Gasteiger partial charge in [0, 0.05) is 19.3 Å². The van der Waals surface area contributed by atoms with E-state index in [4.69, 9.17) is 9.90 Å². The molecule has 0 radical (unpaired) electrons. The van der Waals surface area contributed by atoms with Crippen LogP contribution < -0.4 is 9.62 Å². The second kappa shape index (κ2) is 12.1. The molecule has 12 heteroatoms. The lowest BCUT2D eigenvalue weighted by atomic mass is 9.87. The minimum Gasteiger partial charge on any atom is -0.478 e. The standard InChI is InChI=1S/C22H30N2O4S.C2HF3O2/c1-6-7-14-24(5)20-13-10-17(15-19(20)21(25)26)23-29(27,28)18-11-8-16(9-12-18)22(2,3)4;3-2(4,5)1(6)7/h8-13,15,23H,6-7,14H2,1-5H3,(H,25,26);(H,6,7). The normalized spacial score (nSPS) is 11.8. The minimum absolute atomic E-state index is 0.0619. The van der Waals surface area contributed by atoms with Crippen LogP contribution in [0.2, 0.25) is 0 Å². The first-order valence-electron chi connectivity index (χ1n) is 10.9. The summed E-state index contributed by atoms with van der Waals surface area (Å²) in [6.45, 7) is 8.96. The van der Waals surface area contributed by atoms with Gasteiger partial charge in [-0.2, -0.15) is 13.2 Å². The SMILES string of the molecule is CCCCN(C)c1ccc(NS(=O)(=O)c2ccc(C(C)(C)C)cc2)cc1C(=O)O.O=C(O)C(F)(F)F. The lowest BCUT2D eigenvalue weighted by Gasteiger charge is -2.22. The van der Waals surface area contributed by atoms with E-state index in [2.05, 4.69) is 32.4 Å². The van der Waals surface area contributed by atoms with E-state index in [1.807, 2.05) is 11.9 Å². The van der Waals surface area contributed by atoms with E-state index < -0.39 is 28.1 Å². The molecule has 0 aliphatic heterocycles. The first-order chi connectivity index (χ1) is 16.4. The average molecular weight is 533 g/mol. The maximum absolute atomic E-state index is 12.7. The lowest BCUT2D eigenvalue weighted by Crippen LogP contribution is -2.21. The maximum atomic E-state index is 12.7. The average Bonchev–Trinajstić information content (AvgIpc) is 2.76. The number of carboxylic acid groups (broad SMARTS) is 2. The smallest absolute Gasteiger partial charge is 0.478 e. The first kappa shape index (κ1) is 30.8. The Morgan fingerprint density at radius 2 is 1.53 bits per heavy atom. The zero-order valence-corrected chi connectivity index (χ0v) is 21.5. The molecule has 0 heterocycles. The topological polar surface area (TPSA) is 124 Å². The van der Waals surface area contributed by atoms with Crippen LogP contribution in [0.15, 0.2) is 47.4 Å². The molecule has 0 bridgehead atoms. The number of carbonyl (C=O) groups is 2. The van der Waals surface area contributed by atoms with Gasteiger partial charge in [0.15, 0.2) is 0 Å². The summed E-state index contributed by atoms with van der Waals surface area (Å²) in [7, 11) is -1.99. The monoisotopic (exact) mass is 532 g/mol. The van der Waals surface area contributed by atoms with Crippen LogP contribution >= 0.6 is 0 Å². The molecule has 8 nitrogen and oxygen atoms in total. The van der Waals surface area contributed by atoms with Crippen molar-refractivity contribution in [1.82, 2.24) is 0 Å². The van der Waals surface area contributed by atoms with Crippen LogP contribution in [0.25, 0.3) is 0 Å². The number of nitrogens with zero attached hydrogens (tertiary/aromatic N) is 1. The summed E-state index contributed by atoms with van der Waals surface area (Å²) >= 11 is 0. The number of alkyl halides is 3. The molecule has 0 saturated carbocycles. The van der Waals surface area contributed by atoms with Crippen LogP contribution in [0.3, 0.4) is 0 Å². The highest BCUT2D eigenvalue weighted by Crippen LogP contribution is 2.27. The lowest BCUT2D eigenvalue weighted by molar-refractivity contribution is -0.192. The summed E-state index contributed by atoms with van der Waals surface area (Å²) in [6, 6.07) is 11.3. The van der Waals surface area contributed by atoms with Crippen LogP contribution in [-0.2, 0) is 20.2 Å². The van der Waals surface area contributed by atoms with Gasteiger partial charge in [0.25, 0.3) is 10.0 Å². The Bertz CT molecular complexity index is 1160. The number of hydrogen-bond donors (Lipinski definition) is 3. The molecule has 36 heavy (non-hydrogen) atoms. The van der Waals surface area contributed by atoms with E-state index in [0.717, 1.165) is 24.9 Å². The molecule has 0 aliphatic rings. The highest BCUT2D eigenvalue weighted by atomic mass is 32.2. The number of aliphatic carboxylic acids is 1. The number of sulfonamides is 1. The number of anilines is 2. The number of halogens is 3. The van der Waals surface area contributed by atoms with Crippen LogP contribution in [0, 0.1) is 0 Å². The summed E-state index contributed by atoms with van der Waals surface area (Å²) in [5.74, 6) is -3.86. The molecule has 0 saturated heterocycles. The van der Waals surface area contributed by atoms with Gasteiger partial charge in [0.05, 0.1) is 16.1 Å². The van der Waals surface area contributed by atoms with Gasteiger partial charge < -0.3 is 15.1 Å². The predicted octanol–water partition coefficient (Wildman–Crippen LogP) is 5.35. The Morgan fingerprint density at radius 3 is 1.94 bits per heavy atom. The molecular formula is C24H31F3N2O6S. The molecule has 0 fully saturated rings. The largest absolute Gasteiger partial charge is 0.490 e. The number of aromatic carboxylic acids is 1. The summed E-state index contributed by atoms with van der Waals surface area (Å²) in [6.07, 6.45) is -3.15. The quantitative estimate of drug-likeness (QED) is 0.419. The van der Waals surface area contributed by atoms with E-state index in [1.54, 1.807) is 36.4 Å². The maximum Gasteiger partial charge on any atom is 0.490 e. The van der Waals surface area contributed by atoms with E-state index in [0.29, 0.717) is 5.69 Å². The fourth-order valence-electron chi connectivity index (χ4n) is 2.97. The summed E-state index contributed by atoms with van der Waals surface area (Å²) in [4.78, 5) is 22.6. The molecule has 0 aromatic heterocycles. The van der Waals surface area contributed by atoms with Crippen molar-refractivity contribution < 1.29 is 41.4 Å². The van der Waals surface area contributed by atoms with Crippen molar-refractivity contribution in [2.24, 2.45) is 0 Å². The van der Waals surface area contributed by atoms with Crippen molar-refractivity contribution in [2.75, 3.05) is 23.2 Å². The Kier molecular flexibility index (Phi) is 10.3. The molecule has 0 atom stereocenters. The number of hydrogen-bond acceptors (Lipinski definition) is 5. The number of nitrogens with one attached hydrogen (secondary N) is 1. The second-order valence-electron chi connectivity index (χ2n) is 8.99. The molecule has 2 aromatic rings. The Labute approximate surface area is 208 Å². The number of carboxylic acids is 2. The van der Waals surface area contributed by atoms with Gasteiger partial charge in [-0.1, -0.05) is 46.2 Å². The van der Waals surface area contributed by atoms with Gasteiger partial charge in [-0.15, -0.1) is 0 Å². The highest BCUT2D eigenvalue weighted by Gasteiger charge is 2.38. The minimum atomic E-state index is -5.08. The van der Waals surface area contributed by atoms with Gasteiger partial charge in [0.1, 0.15) is 0 Å². The van der Waals surface area contributed by atoms with Gasteiger partial charge in [-0.05, 0) is 47.7 Å². The number of rotatable bonds is 8. The van der Waals surface area contributed by atoms with Gasteiger partial charge in [-0.25, -0.2) is 18.0 Å². The second-order valence-corrected chi connectivity index (χ2v) is 10.7. The zero-order valence-electron chi connectivity index (χ0n) is 20.7. The van der Waals surface area contributed by atoms with Crippen molar-refractivity contribution >= 4 is 33.3 Å². The molecule has 2 rings (SSSR count). The van der Waals surface area contributed by atoms with Gasteiger partial charge >= 0.3 is 18.1 Å².